The van der Waals surface area contributed by atoms with E-state index < -0.39 is 5.97 Å². The van der Waals surface area contributed by atoms with Gasteiger partial charge in [0.05, 0.1) is 25.5 Å². The fourth-order valence-corrected chi connectivity index (χ4v) is 3.60. The lowest BCUT2D eigenvalue weighted by Gasteiger charge is -2.28. The zero-order chi connectivity index (χ0) is 19.1. The second-order valence-electron chi connectivity index (χ2n) is 6.91. The van der Waals surface area contributed by atoms with Gasteiger partial charge < -0.3 is 19.9 Å². The van der Waals surface area contributed by atoms with Crippen molar-refractivity contribution in [3.05, 3.63) is 17.7 Å². The predicted molar refractivity (Wildman–Crippen MR) is 100 cm³/mol. The highest BCUT2D eigenvalue weighted by molar-refractivity contribution is 6.02. The lowest BCUT2D eigenvalue weighted by Crippen LogP contribution is -2.28. The number of ether oxygens (including phenoxy) is 2. The van der Waals surface area contributed by atoms with Gasteiger partial charge in [-0.05, 0) is 31.6 Å². The number of rotatable bonds is 8. The molecule has 1 aliphatic carbocycles. The van der Waals surface area contributed by atoms with Crippen LogP contribution >= 0.6 is 0 Å². The molecule has 6 nitrogen and oxygen atoms in total. The Kier molecular flexibility index (Phi) is 7.30. The Labute approximate surface area is 154 Å². The molecule has 0 radical (unpaired) electrons. The Morgan fingerprint density at radius 1 is 1.12 bits per heavy atom. The van der Waals surface area contributed by atoms with E-state index in [0.717, 1.165) is 31.6 Å². The molecule has 2 rings (SSSR count). The number of carboxylic acid groups (broad SMARTS) is 1. The van der Waals surface area contributed by atoms with E-state index in [1.165, 1.54) is 45.6 Å². The number of carbonyl (C=O) groups excluding carboxylic acids is 1. The number of hydrogen-bond acceptors (Lipinski definition) is 4. The number of anilines is 1. The lowest BCUT2D eigenvalue weighted by atomic mass is 9.79. The zero-order valence-corrected chi connectivity index (χ0v) is 15.8. The Morgan fingerprint density at radius 2 is 1.73 bits per heavy atom. The van der Waals surface area contributed by atoms with Crippen molar-refractivity contribution >= 4 is 17.6 Å². The summed E-state index contributed by atoms with van der Waals surface area (Å²) < 4.78 is 10.4. The van der Waals surface area contributed by atoms with Crippen LogP contribution in [0.2, 0.25) is 0 Å². The Hall–Kier alpha value is -2.24. The summed E-state index contributed by atoms with van der Waals surface area (Å²) in [5.41, 5.74) is 0.237. The summed E-state index contributed by atoms with van der Waals surface area (Å²) in [6, 6.07) is 2.88. The van der Waals surface area contributed by atoms with E-state index >= 15 is 0 Å². The minimum Gasteiger partial charge on any atom is -0.493 e. The molecule has 0 unspecified atom stereocenters. The molecular weight excluding hydrogens is 334 g/mol. The maximum atomic E-state index is 12.6. The smallest absolute Gasteiger partial charge is 0.337 e. The van der Waals surface area contributed by atoms with E-state index in [-0.39, 0.29) is 23.1 Å². The average molecular weight is 363 g/mol. The first kappa shape index (κ1) is 20.1. The number of unbranched alkanes of at least 4 members (excludes halogenated alkanes) is 1. The number of aromatic carboxylic acids is 1. The van der Waals surface area contributed by atoms with Gasteiger partial charge in [-0.1, -0.05) is 26.2 Å². The lowest BCUT2D eigenvalue weighted by molar-refractivity contribution is -0.121. The molecule has 1 aromatic rings. The number of amides is 1. The second kappa shape index (κ2) is 9.46. The van der Waals surface area contributed by atoms with Gasteiger partial charge in [-0.25, -0.2) is 4.79 Å². The number of carboxylic acids is 1. The van der Waals surface area contributed by atoms with Crippen molar-refractivity contribution in [3.8, 4) is 11.5 Å². The van der Waals surface area contributed by atoms with E-state index in [1.807, 2.05) is 0 Å². The Balaban J connectivity index is 2.08. The Bertz CT molecular complexity index is 635. The SMILES string of the molecule is CCCCC1CCC(C(=O)Nc2cc(OC)c(OC)cc2C(=O)O)CC1. The summed E-state index contributed by atoms with van der Waals surface area (Å²) in [5.74, 6) is 0.117. The molecule has 0 bridgehead atoms. The molecule has 0 spiro atoms. The molecule has 1 aromatic carbocycles. The maximum absolute atomic E-state index is 12.6. The molecule has 2 N–H and O–H groups in total. The third-order valence-electron chi connectivity index (χ3n) is 5.20. The van der Waals surface area contributed by atoms with Crippen molar-refractivity contribution in [1.82, 2.24) is 0 Å². The predicted octanol–water partition coefficient (Wildman–Crippen LogP) is 4.34. The summed E-state index contributed by atoms with van der Waals surface area (Å²) in [6.45, 7) is 2.20. The number of hydrogen-bond donors (Lipinski definition) is 2. The van der Waals surface area contributed by atoms with Crippen LogP contribution < -0.4 is 14.8 Å². The molecule has 26 heavy (non-hydrogen) atoms. The van der Waals surface area contributed by atoms with E-state index in [4.69, 9.17) is 9.47 Å². The van der Waals surface area contributed by atoms with Crippen molar-refractivity contribution in [2.45, 2.75) is 51.9 Å². The zero-order valence-electron chi connectivity index (χ0n) is 15.8. The molecule has 1 aliphatic rings. The highest BCUT2D eigenvalue weighted by Crippen LogP contribution is 2.35. The molecule has 1 saturated carbocycles. The summed E-state index contributed by atoms with van der Waals surface area (Å²) in [7, 11) is 2.92. The van der Waals surface area contributed by atoms with Gasteiger partial charge >= 0.3 is 5.97 Å². The van der Waals surface area contributed by atoms with Gasteiger partial charge in [0.2, 0.25) is 5.91 Å². The fourth-order valence-electron chi connectivity index (χ4n) is 3.60. The van der Waals surface area contributed by atoms with Crippen LogP contribution in [0, 0.1) is 11.8 Å². The molecule has 6 heteroatoms. The highest BCUT2D eigenvalue weighted by atomic mass is 16.5. The van der Waals surface area contributed by atoms with Gasteiger partial charge in [0.15, 0.2) is 11.5 Å². The topological polar surface area (TPSA) is 84.9 Å². The largest absolute Gasteiger partial charge is 0.493 e. The van der Waals surface area contributed by atoms with Gasteiger partial charge in [-0.2, -0.15) is 0 Å². The molecule has 0 aromatic heterocycles. The quantitative estimate of drug-likeness (QED) is 0.718. The van der Waals surface area contributed by atoms with Crippen LogP contribution in [-0.4, -0.2) is 31.2 Å². The van der Waals surface area contributed by atoms with Gasteiger partial charge in [-0.3, -0.25) is 4.79 Å². The number of benzene rings is 1. The van der Waals surface area contributed by atoms with Gasteiger partial charge in [0.1, 0.15) is 0 Å². The van der Waals surface area contributed by atoms with Crippen molar-refractivity contribution < 1.29 is 24.2 Å². The maximum Gasteiger partial charge on any atom is 0.337 e. The third-order valence-corrected chi connectivity index (χ3v) is 5.20. The van der Waals surface area contributed by atoms with Crippen LogP contribution in [0.15, 0.2) is 12.1 Å². The van der Waals surface area contributed by atoms with E-state index in [9.17, 15) is 14.7 Å². The molecule has 0 heterocycles. The standard InChI is InChI=1S/C20H29NO5/c1-4-5-6-13-7-9-14(10-8-13)19(22)21-16-12-18(26-3)17(25-2)11-15(16)20(23)24/h11-14H,4-10H2,1-3H3,(H,21,22)(H,23,24). The fraction of sp³-hybridized carbons (Fsp3) is 0.600. The third kappa shape index (κ3) is 4.90. The second-order valence-corrected chi connectivity index (χ2v) is 6.91. The summed E-state index contributed by atoms with van der Waals surface area (Å²) in [5, 5.41) is 12.2. The van der Waals surface area contributed by atoms with Gasteiger partial charge in [0.25, 0.3) is 0 Å². The van der Waals surface area contributed by atoms with Gasteiger partial charge in [0, 0.05) is 18.1 Å². The molecule has 144 valence electrons. The first-order valence-electron chi connectivity index (χ1n) is 9.30. The monoisotopic (exact) mass is 363 g/mol. The summed E-state index contributed by atoms with van der Waals surface area (Å²) >= 11 is 0. The van der Waals surface area contributed by atoms with Crippen LogP contribution in [0.4, 0.5) is 5.69 Å². The summed E-state index contributed by atoms with van der Waals surface area (Å²) in [4.78, 5) is 24.2. The molecule has 0 saturated heterocycles. The molecule has 0 atom stereocenters. The minimum atomic E-state index is -1.12. The molecule has 0 aliphatic heterocycles. The van der Waals surface area contributed by atoms with E-state index in [0.29, 0.717) is 11.5 Å². The number of methoxy groups -OCH3 is 2. The molecule has 1 fully saturated rings. The van der Waals surface area contributed by atoms with Crippen molar-refractivity contribution in [3.63, 3.8) is 0 Å². The van der Waals surface area contributed by atoms with Crippen molar-refractivity contribution in [2.75, 3.05) is 19.5 Å². The minimum absolute atomic E-state index is 0.00682. The average Bonchev–Trinajstić information content (AvgIpc) is 2.66. The first-order valence-corrected chi connectivity index (χ1v) is 9.30. The van der Waals surface area contributed by atoms with E-state index in [2.05, 4.69) is 12.2 Å². The normalized spacial score (nSPS) is 19.7. The van der Waals surface area contributed by atoms with Crippen LogP contribution in [-0.2, 0) is 4.79 Å². The molecular formula is C20H29NO5. The van der Waals surface area contributed by atoms with Gasteiger partial charge in [-0.15, -0.1) is 0 Å². The summed E-state index contributed by atoms with van der Waals surface area (Å²) in [6.07, 6.45) is 7.54. The van der Waals surface area contributed by atoms with Crippen molar-refractivity contribution in [1.29, 1.82) is 0 Å². The van der Waals surface area contributed by atoms with Crippen molar-refractivity contribution in [2.24, 2.45) is 11.8 Å². The first-order chi connectivity index (χ1) is 12.5. The van der Waals surface area contributed by atoms with E-state index in [1.54, 1.807) is 0 Å². The van der Waals surface area contributed by atoms with Crippen LogP contribution in [0.3, 0.4) is 0 Å². The number of carbonyl (C=O) groups is 2. The van der Waals surface area contributed by atoms with Crippen LogP contribution in [0.1, 0.15) is 62.2 Å². The molecule has 1 amide bonds. The highest BCUT2D eigenvalue weighted by Gasteiger charge is 2.27. The van der Waals surface area contributed by atoms with Crippen LogP contribution in [0.5, 0.6) is 11.5 Å². The van der Waals surface area contributed by atoms with Crippen LogP contribution in [0.25, 0.3) is 0 Å². The number of nitrogens with one attached hydrogen (secondary N) is 1. The Morgan fingerprint density at radius 3 is 2.27 bits per heavy atom.